The zero-order valence-corrected chi connectivity index (χ0v) is 12.2. The average molecular weight is 300 g/mol. The van der Waals surface area contributed by atoms with E-state index in [1.54, 1.807) is 16.8 Å². The smallest absolute Gasteiger partial charge is 0.319 e. The first kappa shape index (κ1) is 14.0. The van der Waals surface area contributed by atoms with E-state index in [-0.39, 0.29) is 12.1 Å². The number of nitrogens with zero attached hydrogens (tertiary/aromatic N) is 5. The molecule has 0 fully saturated rings. The highest BCUT2D eigenvalue weighted by Crippen LogP contribution is 2.18. The van der Waals surface area contributed by atoms with Gasteiger partial charge in [0.15, 0.2) is 0 Å². The van der Waals surface area contributed by atoms with Crippen LogP contribution in [0.1, 0.15) is 25.7 Å². The van der Waals surface area contributed by atoms with Gasteiger partial charge in [0.25, 0.3) is 0 Å². The molecule has 0 saturated carbocycles. The predicted octanol–water partition coefficient (Wildman–Crippen LogP) is 1.45. The van der Waals surface area contributed by atoms with Crippen molar-refractivity contribution in [3.8, 4) is 0 Å². The van der Waals surface area contributed by atoms with Crippen LogP contribution in [0.3, 0.4) is 0 Å². The molecule has 2 heterocycles. The molecule has 3 rings (SSSR count). The Kier molecular flexibility index (Phi) is 3.69. The molecule has 114 valence electrons. The second-order valence-corrected chi connectivity index (χ2v) is 4.75. The van der Waals surface area contributed by atoms with Crippen molar-refractivity contribution in [2.75, 3.05) is 5.32 Å². The van der Waals surface area contributed by atoms with Crippen LogP contribution >= 0.6 is 0 Å². The molecule has 0 bridgehead atoms. The van der Waals surface area contributed by atoms with E-state index in [1.807, 2.05) is 19.9 Å². The van der Waals surface area contributed by atoms with Crippen LogP contribution in [0.15, 0.2) is 24.5 Å². The topological polar surface area (TPSA) is 113 Å². The van der Waals surface area contributed by atoms with Crippen molar-refractivity contribution in [1.82, 2.24) is 35.5 Å². The minimum absolute atomic E-state index is 0.265. The summed E-state index contributed by atoms with van der Waals surface area (Å²) in [5.41, 5.74) is 1.89. The van der Waals surface area contributed by atoms with Crippen molar-refractivity contribution in [2.45, 2.75) is 26.4 Å². The average Bonchev–Trinajstić information content (AvgIpc) is 3.16. The third-order valence-corrected chi connectivity index (χ3v) is 3.28. The maximum atomic E-state index is 12.1. The van der Waals surface area contributed by atoms with Gasteiger partial charge in [0.2, 0.25) is 0 Å². The van der Waals surface area contributed by atoms with Crippen molar-refractivity contribution in [3.63, 3.8) is 0 Å². The standard InChI is InChI=1S/C13H16N8O/c1-3-21-12(14-7-15-21)8(2)16-13(22)17-9-5-4-6-10-11(9)19-20-18-10/h4-8H,3H2,1-2H3,(H2,16,17,22)(H,18,19,20). The summed E-state index contributed by atoms with van der Waals surface area (Å²) in [6, 6.07) is 4.78. The van der Waals surface area contributed by atoms with Crippen molar-refractivity contribution in [1.29, 1.82) is 0 Å². The third-order valence-electron chi connectivity index (χ3n) is 3.28. The Bertz CT molecular complexity index is 792. The Hall–Kier alpha value is -2.97. The van der Waals surface area contributed by atoms with Gasteiger partial charge < -0.3 is 10.6 Å². The molecule has 3 N–H and O–H groups in total. The lowest BCUT2D eigenvalue weighted by atomic mass is 10.2. The number of hydrogen-bond donors (Lipinski definition) is 3. The van der Waals surface area contributed by atoms with Crippen LogP contribution in [0.2, 0.25) is 0 Å². The quantitative estimate of drug-likeness (QED) is 0.675. The molecule has 9 heteroatoms. The molecular weight excluding hydrogens is 284 g/mol. The van der Waals surface area contributed by atoms with E-state index in [4.69, 9.17) is 0 Å². The molecule has 0 radical (unpaired) electrons. The van der Waals surface area contributed by atoms with Crippen LogP contribution in [0, 0.1) is 0 Å². The van der Waals surface area contributed by atoms with Gasteiger partial charge >= 0.3 is 6.03 Å². The molecule has 9 nitrogen and oxygen atoms in total. The van der Waals surface area contributed by atoms with E-state index >= 15 is 0 Å². The number of aromatic amines is 1. The number of para-hydroxylation sites is 1. The van der Waals surface area contributed by atoms with Gasteiger partial charge in [-0.2, -0.15) is 20.5 Å². The van der Waals surface area contributed by atoms with Gasteiger partial charge in [-0.05, 0) is 26.0 Å². The maximum Gasteiger partial charge on any atom is 0.319 e. The molecule has 0 aliphatic heterocycles. The van der Waals surface area contributed by atoms with Crippen LogP contribution in [-0.4, -0.2) is 36.2 Å². The summed E-state index contributed by atoms with van der Waals surface area (Å²) < 4.78 is 1.74. The highest BCUT2D eigenvalue weighted by molar-refractivity contribution is 5.98. The number of benzene rings is 1. The first-order chi connectivity index (χ1) is 10.7. The van der Waals surface area contributed by atoms with Gasteiger partial charge in [0, 0.05) is 6.54 Å². The first-order valence-electron chi connectivity index (χ1n) is 6.93. The summed E-state index contributed by atoms with van der Waals surface area (Å²) in [6.07, 6.45) is 1.48. The molecule has 1 unspecified atom stereocenters. The number of carbonyl (C=O) groups excluding carboxylic acids is 1. The molecule has 3 aromatic rings. The molecule has 1 atom stereocenters. The molecule has 0 aliphatic rings. The Labute approximate surface area is 126 Å². The number of aryl methyl sites for hydroxylation is 1. The van der Waals surface area contributed by atoms with Crippen molar-refractivity contribution < 1.29 is 4.79 Å². The van der Waals surface area contributed by atoms with Crippen LogP contribution in [0.25, 0.3) is 11.0 Å². The summed E-state index contributed by atoms with van der Waals surface area (Å²) in [4.78, 5) is 16.3. The number of aromatic nitrogens is 6. The SMILES string of the molecule is CCn1ncnc1C(C)NC(=O)Nc1cccc2n[nH]nc12. The summed E-state index contributed by atoms with van der Waals surface area (Å²) in [5.74, 6) is 0.706. The first-order valence-corrected chi connectivity index (χ1v) is 6.93. The number of anilines is 1. The monoisotopic (exact) mass is 300 g/mol. The predicted molar refractivity (Wildman–Crippen MR) is 80.2 cm³/mol. The van der Waals surface area contributed by atoms with Gasteiger partial charge in [-0.15, -0.1) is 0 Å². The largest absolute Gasteiger partial charge is 0.328 e. The Morgan fingerprint density at radius 3 is 3.09 bits per heavy atom. The van der Waals surface area contributed by atoms with Crippen LogP contribution in [0.4, 0.5) is 10.5 Å². The van der Waals surface area contributed by atoms with Gasteiger partial charge in [-0.1, -0.05) is 6.07 Å². The summed E-state index contributed by atoms with van der Waals surface area (Å²) in [5, 5.41) is 20.2. The van der Waals surface area contributed by atoms with E-state index in [0.29, 0.717) is 29.1 Å². The van der Waals surface area contributed by atoms with Gasteiger partial charge in [-0.25, -0.2) is 14.5 Å². The highest BCUT2D eigenvalue weighted by Gasteiger charge is 2.16. The van der Waals surface area contributed by atoms with E-state index < -0.39 is 0 Å². The fraction of sp³-hybridized carbons (Fsp3) is 0.308. The molecule has 0 aliphatic carbocycles. The van der Waals surface area contributed by atoms with E-state index in [9.17, 15) is 4.79 Å². The van der Waals surface area contributed by atoms with E-state index in [0.717, 1.165) is 0 Å². The van der Waals surface area contributed by atoms with Crippen molar-refractivity contribution in [2.24, 2.45) is 0 Å². The van der Waals surface area contributed by atoms with E-state index in [2.05, 4.69) is 36.1 Å². The second-order valence-electron chi connectivity index (χ2n) is 4.75. The molecule has 22 heavy (non-hydrogen) atoms. The number of H-pyrrole nitrogens is 1. The second kappa shape index (κ2) is 5.80. The van der Waals surface area contributed by atoms with Gasteiger partial charge in [0.05, 0.1) is 11.7 Å². The number of hydrogen-bond acceptors (Lipinski definition) is 5. The number of urea groups is 1. The molecular formula is C13H16N8O. The van der Waals surface area contributed by atoms with Crippen LogP contribution < -0.4 is 10.6 Å². The summed E-state index contributed by atoms with van der Waals surface area (Å²) >= 11 is 0. The zero-order chi connectivity index (χ0) is 15.5. The molecule has 0 spiro atoms. The van der Waals surface area contributed by atoms with Crippen molar-refractivity contribution in [3.05, 3.63) is 30.4 Å². The maximum absolute atomic E-state index is 12.1. The molecule has 2 amide bonds. The fourth-order valence-corrected chi connectivity index (χ4v) is 2.24. The Morgan fingerprint density at radius 1 is 1.41 bits per heavy atom. The Balaban J connectivity index is 1.71. The minimum atomic E-state index is -0.339. The number of fused-ring (bicyclic) bond motifs is 1. The summed E-state index contributed by atoms with van der Waals surface area (Å²) in [6.45, 7) is 4.52. The van der Waals surface area contributed by atoms with E-state index in [1.165, 1.54) is 6.33 Å². The molecule has 0 saturated heterocycles. The number of amides is 2. The lowest BCUT2D eigenvalue weighted by Crippen LogP contribution is -2.32. The van der Waals surface area contributed by atoms with Crippen LogP contribution in [-0.2, 0) is 6.54 Å². The fourth-order valence-electron chi connectivity index (χ4n) is 2.24. The van der Waals surface area contributed by atoms with Crippen molar-refractivity contribution >= 4 is 22.8 Å². The van der Waals surface area contributed by atoms with Crippen LogP contribution in [0.5, 0.6) is 0 Å². The number of carbonyl (C=O) groups is 1. The normalized spacial score (nSPS) is 12.3. The molecule has 2 aromatic heterocycles. The Morgan fingerprint density at radius 2 is 2.27 bits per heavy atom. The third kappa shape index (κ3) is 2.60. The highest BCUT2D eigenvalue weighted by atomic mass is 16.2. The summed E-state index contributed by atoms with van der Waals surface area (Å²) in [7, 11) is 0. The lowest BCUT2D eigenvalue weighted by Gasteiger charge is -2.14. The lowest BCUT2D eigenvalue weighted by molar-refractivity contribution is 0.248. The number of nitrogens with one attached hydrogen (secondary N) is 3. The minimum Gasteiger partial charge on any atom is -0.328 e. The molecule has 1 aromatic carbocycles. The zero-order valence-electron chi connectivity index (χ0n) is 12.2. The van der Waals surface area contributed by atoms with Gasteiger partial charge in [-0.3, -0.25) is 0 Å². The number of rotatable bonds is 4. The van der Waals surface area contributed by atoms with Gasteiger partial charge in [0.1, 0.15) is 23.2 Å².